The number of aromatic nitrogens is 5. The smallest absolute Gasteiger partial charge is 0.281 e. The number of hydrogen-bond donors (Lipinski definition) is 1. The van der Waals surface area contributed by atoms with Gasteiger partial charge in [0, 0.05) is 29.1 Å². The average Bonchev–Trinajstić information content (AvgIpc) is 3.07. The number of nitrogens with one attached hydrogen (secondary N) is 1. The minimum absolute atomic E-state index is 0.0485. The molecule has 0 amide bonds. The zero-order chi connectivity index (χ0) is 20.8. The van der Waals surface area contributed by atoms with Crippen molar-refractivity contribution in [3.63, 3.8) is 0 Å². The van der Waals surface area contributed by atoms with Crippen LogP contribution in [0.3, 0.4) is 0 Å². The average molecular weight is 457 g/mol. The van der Waals surface area contributed by atoms with Gasteiger partial charge in [0.1, 0.15) is 5.82 Å². The molecule has 0 radical (unpaired) electrons. The van der Waals surface area contributed by atoms with Crippen molar-refractivity contribution in [2.24, 2.45) is 0 Å². The maximum atomic E-state index is 12.5. The van der Waals surface area contributed by atoms with Crippen molar-refractivity contribution in [1.82, 2.24) is 29.3 Å². The third-order valence-electron chi connectivity index (χ3n) is 5.04. The molecule has 0 saturated carbocycles. The van der Waals surface area contributed by atoms with Crippen molar-refractivity contribution >= 4 is 44.4 Å². The van der Waals surface area contributed by atoms with E-state index in [-0.39, 0.29) is 23.5 Å². The van der Waals surface area contributed by atoms with Gasteiger partial charge in [-0.15, -0.1) is 5.10 Å². The van der Waals surface area contributed by atoms with Crippen LogP contribution in [0.1, 0.15) is 30.1 Å². The summed E-state index contributed by atoms with van der Waals surface area (Å²) in [5.41, 5.74) is 0.907. The molecule has 3 aromatic rings. The number of sulfonamides is 1. The van der Waals surface area contributed by atoms with Crippen molar-refractivity contribution in [3.05, 3.63) is 50.0 Å². The molecule has 4 rings (SSSR count). The Morgan fingerprint density at radius 3 is 2.62 bits per heavy atom. The van der Waals surface area contributed by atoms with Gasteiger partial charge >= 0.3 is 0 Å². The first-order chi connectivity index (χ1) is 13.7. The van der Waals surface area contributed by atoms with E-state index in [2.05, 4.69) is 20.3 Å². The number of nitrogens with zero attached hydrogens (tertiary/aromatic N) is 5. The minimum Gasteiger partial charge on any atom is -0.308 e. The number of piperidine rings is 1. The molecular formula is C17H18Cl2N6O3S. The largest absolute Gasteiger partial charge is 0.308 e. The van der Waals surface area contributed by atoms with E-state index in [1.807, 2.05) is 0 Å². The summed E-state index contributed by atoms with van der Waals surface area (Å²) in [6, 6.07) is 5.15. The lowest BCUT2D eigenvalue weighted by Crippen LogP contribution is -2.37. The van der Waals surface area contributed by atoms with Gasteiger partial charge in [-0.05, 0) is 30.5 Å². The van der Waals surface area contributed by atoms with Gasteiger partial charge in [0.15, 0.2) is 11.2 Å². The van der Waals surface area contributed by atoms with Gasteiger partial charge in [-0.3, -0.25) is 4.79 Å². The molecule has 1 aromatic carbocycles. The topological polar surface area (TPSA) is 114 Å². The third-order valence-corrected chi connectivity index (χ3v) is 6.93. The van der Waals surface area contributed by atoms with E-state index in [1.54, 1.807) is 18.2 Å². The van der Waals surface area contributed by atoms with Crippen LogP contribution < -0.4 is 5.56 Å². The summed E-state index contributed by atoms with van der Waals surface area (Å²) in [5.74, 6) is 0.467. The van der Waals surface area contributed by atoms with Crippen LogP contribution in [-0.4, -0.2) is 57.0 Å². The summed E-state index contributed by atoms with van der Waals surface area (Å²) in [4.78, 5) is 19.9. The highest BCUT2D eigenvalue weighted by Gasteiger charge is 2.28. The standard InChI is InChI=1S/C17H18Cl2N6O3S/c1-29(27,28)24-6-4-10(5-7-24)15-20-16-14(17(26)21-15)22-23-25(16)9-11-2-3-12(18)8-13(11)19/h2-3,8,10H,4-7,9H2,1H3,(H,20,21,26). The molecule has 0 atom stereocenters. The summed E-state index contributed by atoms with van der Waals surface area (Å²) in [5, 5.41) is 9.01. The number of fused-ring (bicyclic) bond motifs is 1. The summed E-state index contributed by atoms with van der Waals surface area (Å²) >= 11 is 12.2. The molecule has 3 heterocycles. The van der Waals surface area contributed by atoms with Crippen LogP contribution in [0.5, 0.6) is 0 Å². The van der Waals surface area contributed by atoms with Crippen LogP contribution in [0.4, 0.5) is 0 Å². The normalized spacial score (nSPS) is 16.5. The van der Waals surface area contributed by atoms with E-state index in [9.17, 15) is 13.2 Å². The number of benzene rings is 1. The van der Waals surface area contributed by atoms with Crippen LogP contribution in [0.25, 0.3) is 11.2 Å². The van der Waals surface area contributed by atoms with Gasteiger partial charge in [-0.2, -0.15) is 0 Å². The third kappa shape index (κ3) is 4.16. The van der Waals surface area contributed by atoms with Crippen LogP contribution in [0.15, 0.2) is 23.0 Å². The first-order valence-electron chi connectivity index (χ1n) is 8.95. The fourth-order valence-electron chi connectivity index (χ4n) is 3.46. The van der Waals surface area contributed by atoms with E-state index in [0.29, 0.717) is 47.4 Å². The van der Waals surface area contributed by atoms with Crippen molar-refractivity contribution in [2.75, 3.05) is 19.3 Å². The Morgan fingerprint density at radius 2 is 1.97 bits per heavy atom. The molecule has 29 heavy (non-hydrogen) atoms. The summed E-state index contributed by atoms with van der Waals surface area (Å²) in [6.07, 6.45) is 2.35. The van der Waals surface area contributed by atoms with Gasteiger partial charge in [-0.25, -0.2) is 22.4 Å². The lowest BCUT2D eigenvalue weighted by molar-refractivity contribution is 0.315. The SMILES string of the molecule is CS(=O)(=O)N1CCC(c2nc3c(nnn3Cc3ccc(Cl)cc3Cl)c(=O)[nH]2)CC1. The van der Waals surface area contributed by atoms with Crippen molar-refractivity contribution in [2.45, 2.75) is 25.3 Å². The Kier molecular flexibility index (Phi) is 5.36. The zero-order valence-electron chi connectivity index (χ0n) is 15.5. The molecule has 0 spiro atoms. The van der Waals surface area contributed by atoms with Crippen LogP contribution in [-0.2, 0) is 16.6 Å². The van der Waals surface area contributed by atoms with Crippen molar-refractivity contribution in [1.29, 1.82) is 0 Å². The van der Waals surface area contributed by atoms with Crippen LogP contribution >= 0.6 is 23.2 Å². The Hall–Kier alpha value is -2.01. The van der Waals surface area contributed by atoms with Crippen molar-refractivity contribution in [3.8, 4) is 0 Å². The number of rotatable bonds is 4. The Morgan fingerprint density at radius 1 is 1.24 bits per heavy atom. The van der Waals surface area contributed by atoms with Crippen LogP contribution in [0, 0.1) is 0 Å². The highest BCUT2D eigenvalue weighted by Crippen LogP contribution is 2.27. The van der Waals surface area contributed by atoms with Crippen LogP contribution in [0.2, 0.25) is 10.0 Å². The second kappa shape index (κ2) is 7.67. The first kappa shape index (κ1) is 20.3. The monoisotopic (exact) mass is 456 g/mol. The molecule has 1 fully saturated rings. The zero-order valence-corrected chi connectivity index (χ0v) is 17.8. The minimum atomic E-state index is -3.22. The molecule has 0 unspecified atom stereocenters. The lowest BCUT2D eigenvalue weighted by Gasteiger charge is -2.29. The van der Waals surface area contributed by atoms with E-state index < -0.39 is 10.0 Å². The molecule has 0 aliphatic carbocycles. The predicted octanol–water partition coefficient (Wildman–Crippen LogP) is 2.01. The van der Waals surface area contributed by atoms with Gasteiger partial charge in [0.05, 0.1) is 12.8 Å². The molecule has 9 nitrogen and oxygen atoms in total. The number of aromatic amines is 1. The van der Waals surface area contributed by atoms with Gasteiger partial charge < -0.3 is 4.98 Å². The van der Waals surface area contributed by atoms with E-state index in [0.717, 1.165) is 5.56 Å². The molecule has 12 heteroatoms. The summed E-state index contributed by atoms with van der Waals surface area (Å²) in [6.45, 7) is 1.07. The van der Waals surface area contributed by atoms with Gasteiger partial charge in [0.2, 0.25) is 10.0 Å². The number of halogens is 2. The number of H-pyrrole nitrogens is 1. The molecule has 154 valence electrons. The Bertz CT molecular complexity index is 1230. The molecule has 0 bridgehead atoms. The molecule has 1 aliphatic rings. The second-order valence-electron chi connectivity index (χ2n) is 7.04. The highest BCUT2D eigenvalue weighted by atomic mass is 35.5. The van der Waals surface area contributed by atoms with E-state index >= 15 is 0 Å². The molecule has 1 N–H and O–H groups in total. The molecule has 2 aromatic heterocycles. The van der Waals surface area contributed by atoms with Gasteiger partial charge in [-0.1, -0.05) is 34.5 Å². The Balaban J connectivity index is 1.64. The maximum Gasteiger partial charge on any atom is 0.281 e. The fourth-order valence-corrected chi connectivity index (χ4v) is 4.80. The number of hydrogen-bond acceptors (Lipinski definition) is 6. The quantitative estimate of drug-likeness (QED) is 0.641. The Labute approximate surface area is 176 Å². The van der Waals surface area contributed by atoms with E-state index in [1.165, 1.54) is 15.2 Å². The molecule has 1 saturated heterocycles. The van der Waals surface area contributed by atoms with Gasteiger partial charge in [0.25, 0.3) is 5.56 Å². The first-order valence-corrected chi connectivity index (χ1v) is 11.6. The summed E-state index contributed by atoms with van der Waals surface area (Å²) < 4.78 is 26.4. The predicted molar refractivity (Wildman–Crippen MR) is 110 cm³/mol. The summed E-state index contributed by atoms with van der Waals surface area (Å²) in [7, 11) is -3.22. The van der Waals surface area contributed by atoms with Crippen molar-refractivity contribution < 1.29 is 8.42 Å². The lowest BCUT2D eigenvalue weighted by atomic mass is 9.97. The second-order valence-corrected chi connectivity index (χ2v) is 9.87. The van der Waals surface area contributed by atoms with E-state index in [4.69, 9.17) is 23.2 Å². The maximum absolute atomic E-state index is 12.5. The molecular weight excluding hydrogens is 439 g/mol. The molecule has 1 aliphatic heterocycles. The fraction of sp³-hybridized carbons (Fsp3) is 0.412. The highest BCUT2D eigenvalue weighted by molar-refractivity contribution is 7.88.